The molecule has 4 rings (SSSR count). The summed E-state index contributed by atoms with van der Waals surface area (Å²) in [6.45, 7) is 9.01. The van der Waals surface area contributed by atoms with Crippen molar-refractivity contribution >= 4 is 39.7 Å². The molecule has 7 nitrogen and oxygen atoms in total. The highest BCUT2D eigenvalue weighted by atomic mass is 32.2. The van der Waals surface area contributed by atoms with E-state index < -0.39 is 0 Å². The first-order valence-electron chi connectivity index (χ1n) is 12.8. The number of thioether (sulfide) groups is 1. The molecule has 0 bridgehead atoms. The maximum absolute atomic E-state index is 12.8. The number of thiophene rings is 1. The number of fused-ring (bicyclic) bond motifs is 1. The van der Waals surface area contributed by atoms with Crippen molar-refractivity contribution in [1.82, 2.24) is 14.8 Å². The van der Waals surface area contributed by atoms with Crippen LogP contribution in [0.25, 0.3) is 11.4 Å². The number of amides is 1. The van der Waals surface area contributed by atoms with Crippen molar-refractivity contribution < 1.29 is 4.79 Å². The molecule has 1 aliphatic rings. The van der Waals surface area contributed by atoms with E-state index >= 15 is 0 Å². The normalized spacial score (nSPS) is 13.4. The van der Waals surface area contributed by atoms with E-state index in [4.69, 9.17) is 0 Å². The zero-order valence-electron chi connectivity index (χ0n) is 21.3. The number of benzene rings is 1. The van der Waals surface area contributed by atoms with E-state index in [-0.39, 0.29) is 11.7 Å². The molecule has 0 radical (unpaired) electrons. The Kier molecular flexibility index (Phi) is 9.05. The molecule has 1 N–H and O–H groups in total. The first-order valence-corrected chi connectivity index (χ1v) is 14.7. The predicted molar refractivity (Wildman–Crippen MR) is 149 cm³/mol. The van der Waals surface area contributed by atoms with Crippen LogP contribution in [0.3, 0.4) is 0 Å². The summed E-state index contributed by atoms with van der Waals surface area (Å²) < 4.78 is 2.04. The van der Waals surface area contributed by atoms with Crippen molar-refractivity contribution in [3.05, 3.63) is 40.3 Å². The summed E-state index contributed by atoms with van der Waals surface area (Å²) in [6.07, 6.45) is 6.62. The number of aromatic nitrogens is 3. The van der Waals surface area contributed by atoms with Gasteiger partial charge in [0.05, 0.1) is 11.3 Å². The molecule has 1 aromatic carbocycles. The number of aryl methyl sites for hydroxylation is 1. The van der Waals surface area contributed by atoms with Crippen molar-refractivity contribution in [2.24, 2.45) is 0 Å². The first kappa shape index (κ1) is 26.2. The number of nitrogens with one attached hydrogen (secondary N) is 1. The van der Waals surface area contributed by atoms with Crippen LogP contribution in [0.4, 0.5) is 10.7 Å². The largest absolute Gasteiger partial charge is 0.372 e. The molecule has 9 heteroatoms. The van der Waals surface area contributed by atoms with Crippen LogP contribution in [-0.2, 0) is 24.2 Å². The zero-order valence-corrected chi connectivity index (χ0v) is 23.0. The minimum Gasteiger partial charge on any atom is -0.372 e. The van der Waals surface area contributed by atoms with Crippen molar-refractivity contribution in [1.29, 1.82) is 5.26 Å². The third kappa shape index (κ3) is 5.76. The van der Waals surface area contributed by atoms with Crippen LogP contribution >= 0.6 is 23.1 Å². The smallest absolute Gasteiger partial charge is 0.235 e. The fraction of sp³-hybridized carbons (Fsp3) is 0.481. The van der Waals surface area contributed by atoms with Crippen LogP contribution in [0, 0.1) is 11.3 Å². The predicted octanol–water partition coefficient (Wildman–Crippen LogP) is 6.13. The van der Waals surface area contributed by atoms with Crippen LogP contribution < -0.4 is 10.2 Å². The van der Waals surface area contributed by atoms with Crippen molar-refractivity contribution in [2.75, 3.05) is 29.1 Å². The van der Waals surface area contributed by atoms with Crippen LogP contribution in [0.5, 0.6) is 0 Å². The molecule has 2 heterocycles. The van der Waals surface area contributed by atoms with Crippen LogP contribution in [0.2, 0.25) is 0 Å². The Hall–Kier alpha value is -2.83. The molecular weight excluding hydrogens is 488 g/mol. The fourth-order valence-corrected chi connectivity index (χ4v) is 6.78. The fourth-order valence-electron chi connectivity index (χ4n) is 4.72. The second-order valence-electron chi connectivity index (χ2n) is 8.84. The Balaban J connectivity index is 1.44. The van der Waals surface area contributed by atoms with Gasteiger partial charge in [-0.1, -0.05) is 24.6 Å². The Bertz CT molecular complexity index is 1220. The van der Waals surface area contributed by atoms with Gasteiger partial charge in [0.25, 0.3) is 0 Å². The van der Waals surface area contributed by atoms with Gasteiger partial charge in [-0.15, -0.1) is 21.5 Å². The van der Waals surface area contributed by atoms with Crippen LogP contribution in [0.1, 0.15) is 62.5 Å². The van der Waals surface area contributed by atoms with Gasteiger partial charge in [-0.25, -0.2) is 0 Å². The molecular formula is C27H34N6OS2. The monoisotopic (exact) mass is 522 g/mol. The summed E-state index contributed by atoms with van der Waals surface area (Å²) in [7, 11) is 0. The Morgan fingerprint density at radius 3 is 2.50 bits per heavy atom. The SMILES string of the molecule is CCN(CC)c1ccc(-c2nnc(SCC(=O)Nc3sc4c(c3C#N)CCCCCC4)n2CC)cc1. The van der Waals surface area contributed by atoms with E-state index in [9.17, 15) is 10.1 Å². The summed E-state index contributed by atoms with van der Waals surface area (Å²) in [5.74, 6) is 0.893. The van der Waals surface area contributed by atoms with Gasteiger partial charge >= 0.3 is 0 Å². The number of hydrogen-bond donors (Lipinski definition) is 1. The lowest BCUT2D eigenvalue weighted by atomic mass is 9.97. The second kappa shape index (κ2) is 12.4. The molecule has 36 heavy (non-hydrogen) atoms. The van der Waals surface area contributed by atoms with Crippen LogP contribution in [0.15, 0.2) is 29.4 Å². The summed E-state index contributed by atoms with van der Waals surface area (Å²) in [5, 5.41) is 23.0. The topological polar surface area (TPSA) is 86.8 Å². The second-order valence-corrected chi connectivity index (χ2v) is 10.9. The number of carbonyl (C=O) groups is 1. The lowest BCUT2D eigenvalue weighted by Crippen LogP contribution is -2.21. The van der Waals surface area contributed by atoms with Gasteiger partial charge in [0.2, 0.25) is 5.91 Å². The number of rotatable bonds is 9. The molecule has 1 amide bonds. The highest BCUT2D eigenvalue weighted by Crippen LogP contribution is 2.36. The number of nitriles is 1. The Morgan fingerprint density at radius 1 is 1.11 bits per heavy atom. The van der Waals surface area contributed by atoms with Gasteiger partial charge in [-0.05, 0) is 76.3 Å². The van der Waals surface area contributed by atoms with E-state index in [0.717, 1.165) is 60.9 Å². The number of nitrogens with zero attached hydrogens (tertiary/aromatic N) is 5. The number of carbonyl (C=O) groups excluding carboxylic acids is 1. The highest BCUT2D eigenvalue weighted by molar-refractivity contribution is 7.99. The summed E-state index contributed by atoms with van der Waals surface area (Å²) in [4.78, 5) is 16.4. The number of hydrogen-bond acceptors (Lipinski definition) is 7. The lowest BCUT2D eigenvalue weighted by Gasteiger charge is -2.21. The molecule has 3 aromatic rings. The first-order chi connectivity index (χ1) is 17.6. The molecule has 1 aliphatic carbocycles. The summed E-state index contributed by atoms with van der Waals surface area (Å²) >= 11 is 2.95. The molecule has 0 unspecified atom stereocenters. The minimum atomic E-state index is -0.124. The molecule has 0 spiro atoms. The summed E-state index contributed by atoms with van der Waals surface area (Å²) in [5.41, 5.74) is 4.00. The molecule has 0 saturated carbocycles. The van der Waals surface area contributed by atoms with E-state index in [1.54, 1.807) is 11.3 Å². The van der Waals surface area contributed by atoms with Gasteiger partial charge in [-0.3, -0.25) is 4.79 Å². The minimum absolute atomic E-state index is 0.124. The van der Waals surface area contributed by atoms with Gasteiger partial charge in [0.15, 0.2) is 11.0 Å². The maximum Gasteiger partial charge on any atom is 0.235 e. The van der Waals surface area contributed by atoms with Crippen molar-refractivity contribution in [3.63, 3.8) is 0 Å². The number of anilines is 2. The van der Waals surface area contributed by atoms with E-state index in [0.29, 0.717) is 17.1 Å². The average Bonchev–Trinajstić information content (AvgIpc) is 3.44. The third-order valence-corrected chi connectivity index (χ3v) is 8.83. The third-order valence-electron chi connectivity index (χ3n) is 6.66. The van der Waals surface area contributed by atoms with Gasteiger partial charge < -0.3 is 14.8 Å². The molecule has 190 valence electrons. The molecule has 0 fully saturated rings. The Morgan fingerprint density at radius 2 is 1.83 bits per heavy atom. The lowest BCUT2D eigenvalue weighted by molar-refractivity contribution is -0.113. The van der Waals surface area contributed by atoms with Gasteiger partial charge in [0.1, 0.15) is 11.1 Å². The molecule has 2 aromatic heterocycles. The Labute approximate surface area is 221 Å². The maximum atomic E-state index is 12.8. The molecule has 0 atom stereocenters. The standard InChI is InChI=1S/C27H34N6OS2/c1-4-32(5-2)20-15-13-19(14-16-20)25-30-31-27(33(25)6-3)35-18-24(34)29-26-22(17-28)21-11-9-7-8-10-12-23(21)36-26/h13-16H,4-12,18H2,1-3H3,(H,29,34). The van der Waals surface area contributed by atoms with Crippen molar-refractivity contribution in [2.45, 2.75) is 71.0 Å². The van der Waals surface area contributed by atoms with Crippen LogP contribution in [-0.4, -0.2) is 39.5 Å². The van der Waals surface area contributed by atoms with E-state index in [1.165, 1.54) is 35.2 Å². The molecule has 0 saturated heterocycles. The van der Waals surface area contributed by atoms with Crippen molar-refractivity contribution in [3.8, 4) is 17.5 Å². The van der Waals surface area contributed by atoms with Gasteiger partial charge in [0, 0.05) is 35.8 Å². The average molecular weight is 523 g/mol. The van der Waals surface area contributed by atoms with E-state index in [2.05, 4.69) is 71.5 Å². The zero-order chi connectivity index (χ0) is 25.5. The van der Waals surface area contributed by atoms with E-state index in [1.807, 2.05) is 4.57 Å². The van der Waals surface area contributed by atoms with Gasteiger partial charge in [-0.2, -0.15) is 5.26 Å². The molecule has 0 aliphatic heterocycles. The quantitative estimate of drug-likeness (QED) is 0.340. The highest BCUT2D eigenvalue weighted by Gasteiger charge is 2.21. The summed E-state index contributed by atoms with van der Waals surface area (Å²) in [6, 6.07) is 10.7.